The van der Waals surface area contributed by atoms with E-state index in [1.54, 1.807) is 7.05 Å². The molecule has 0 saturated carbocycles. The van der Waals surface area contributed by atoms with Crippen molar-refractivity contribution in [2.75, 3.05) is 20.2 Å². The molecule has 0 aromatic rings. The Bertz CT molecular complexity index is 82.5. The first-order valence-corrected chi connectivity index (χ1v) is 2.36. The highest BCUT2D eigenvalue weighted by Crippen LogP contribution is 1.79. The maximum Gasteiger partial charge on any atom is 0.248 e. The topological polar surface area (TPSA) is 40.5 Å². The zero-order valence-corrected chi connectivity index (χ0v) is 4.92. The van der Waals surface area contributed by atoms with Gasteiger partial charge < -0.3 is 10.0 Å². The van der Waals surface area contributed by atoms with E-state index in [4.69, 9.17) is 5.11 Å². The van der Waals surface area contributed by atoms with Gasteiger partial charge in [-0.25, -0.2) is 0 Å². The van der Waals surface area contributed by atoms with Crippen LogP contribution in [0.1, 0.15) is 0 Å². The van der Waals surface area contributed by atoms with Crippen molar-refractivity contribution >= 4 is 5.91 Å². The van der Waals surface area contributed by atoms with Crippen LogP contribution in [0.3, 0.4) is 0 Å². The maximum absolute atomic E-state index is 10.4. The Morgan fingerprint density at radius 3 is 2.50 bits per heavy atom. The molecule has 0 unspecified atom stereocenters. The van der Waals surface area contributed by atoms with Crippen LogP contribution in [0.5, 0.6) is 0 Å². The summed E-state index contributed by atoms with van der Waals surface area (Å²) < 4.78 is 0. The molecule has 0 aromatic carbocycles. The fraction of sp³-hybridized carbons (Fsp3) is 0.600. The van der Waals surface area contributed by atoms with E-state index < -0.39 is 6.61 Å². The van der Waals surface area contributed by atoms with E-state index in [1.807, 2.05) is 0 Å². The minimum absolute atomic E-state index is 0.292. The van der Waals surface area contributed by atoms with Gasteiger partial charge in [-0.1, -0.05) is 0 Å². The molecule has 0 atom stereocenters. The fourth-order valence-corrected chi connectivity index (χ4v) is 0.245. The van der Waals surface area contributed by atoms with E-state index in [2.05, 4.69) is 6.92 Å². The number of rotatable bonds is 2. The first-order valence-electron chi connectivity index (χ1n) is 2.36. The molecule has 1 amide bonds. The van der Waals surface area contributed by atoms with Crippen LogP contribution in [-0.4, -0.2) is 36.1 Å². The standard InChI is InChI=1S/C5H10NO2/c1-3-6(2)5(8)4-7/h7H,1,3-4H2,2H3. The van der Waals surface area contributed by atoms with Crippen molar-refractivity contribution in [3.8, 4) is 0 Å². The molecule has 3 heteroatoms. The average Bonchev–Trinajstić information content (AvgIpc) is 1.84. The number of likely N-dealkylation sites (N-methyl/N-ethyl adjacent to an activating group) is 1. The van der Waals surface area contributed by atoms with Crippen LogP contribution in [0.15, 0.2) is 0 Å². The number of hydrogen-bond donors (Lipinski definition) is 1. The molecule has 1 N–H and O–H groups in total. The molecule has 0 aliphatic heterocycles. The predicted octanol–water partition coefficient (Wildman–Crippen LogP) is -0.729. The van der Waals surface area contributed by atoms with Gasteiger partial charge in [-0.2, -0.15) is 0 Å². The van der Waals surface area contributed by atoms with Crippen molar-refractivity contribution in [3.63, 3.8) is 0 Å². The summed E-state index contributed by atoms with van der Waals surface area (Å²) in [6, 6.07) is 0. The van der Waals surface area contributed by atoms with Gasteiger partial charge >= 0.3 is 0 Å². The summed E-state index contributed by atoms with van der Waals surface area (Å²) in [7, 11) is 1.59. The number of carbonyl (C=O) groups excluding carboxylic acids is 1. The molecule has 0 heterocycles. The molecule has 3 nitrogen and oxygen atoms in total. The number of aliphatic hydroxyl groups excluding tert-OH is 1. The highest BCUT2D eigenvalue weighted by Gasteiger charge is 2.01. The number of carbonyl (C=O) groups is 1. The molecule has 0 fully saturated rings. The molecule has 8 heavy (non-hydrogen) atoms. The Balaban J connectivity index is 3.46. The van der Waals surface area contributed by atoms with Gasteiger partial charge in [0.2, 0.25) is 5.91 Å². The van der Waals surface area contributed by atoms with Crippen molar-refractivity contribution in [2.24, 2.45) is 0 Å². The van der Waals surface area contributed by atoms with Crippen molar-refractivity contribution in [2.45, 2.75) is 0 Å². The lowest BCUT2D eigenvalue weighted by molar-refractivity contribution is -0.132. The maximum atomic E-state index is 10.4. The predicted molar refractivity (Wildman–Crippen MR) is 30.1 cm³/mol. The van der Waals surface area contributed by atoms with Gasteiger partial charge in [0.1, 0.15) is 6.61 Å². The van der Waals surface area contributed by atoms with Crippen molar-refractivity contribution < 1.29 is 9.90 Å². The van der Waals surface area contributed by atoms with Gasteiger partial charge in [0.15, 0.2) is 0 Å². The molecule has 0 rings (SSSR count). The summed E-state index contributed by atoms with van der Waals surface area (Å²) in [5.41, 5.74) is 0. The van der Waals surface area contributed by atoms with E-state index in [-0.39, 0.29) is 5.91 Å². The third-order valence-electron chi connectivity index (χ3n) is 0.896. The molecule has 0 aromatic heterocycles. The van der Waals surface area contributed by atoms with Crippen molar-refractivity contribution in [1.29, 1.82) is 0 Å². The Morgan fingerprint density at radius 1 is 1.88 bits per heavy atom. The first-order chi connectivity index (χ1) is 3.72. The van der Waals surface area contributed by atoms with E-state index in [1.165, 1.54) is 4.90 Å². The molecular formula is C5H10NO2. The Labute approximate surface area is 48.9 Å². The molecule has 0 aliphatic rings. The highest BCUT2D eigenvalue weighted by molar-refractivity contribution is 5.76. The summed E-state index contributed by atoms with van der Waals surface area (Å²) in [4.78, 5) is 11.7. The molecule has 0 saturated heterocycles. The van der Waals surface area contributed by atoms with Gasteiger partial charge in [-0.15, -0.1) is 0 Å². The second-order valence-corrected chi connectivity index (χ2v) is 1.47. The second-order valence-electron chi connectivity index (χ2n) is 1.47. The van der Waals surface area contributed by atoms with Gasteiger partial charge in [-0.05, 0) is 6.92 Å². The number of hydrogen-bond acceptors (Lipinski definition) is 2. The van der Waals surface area contributed by atoms with Gasteiger partial charge in [0, 0.05) is 13.6 Å². The van der Waals surface area contributed by atoms with Crippen LogP contribution < -0.4 is 0 Å². The molecule has 47 valence electrons. The summed E-state index contributed by atoms with van der Waals surface area (Å²) in [5, 5.41) is 8.22. The van der Waals surface area contributed by atoms with Crippen LogP contribution in [0.4, 0.5) is 0 Å². The number of nitrogens with zero attached hydrogens (tertiary/aromatic N) is 1. The molecule has 1 radical (unpaired) electrons. The highest BCUT2D eigenvalue weighted by atomic mass is 16.3. The van der Waals surface area contributed by atoms with Crippen LogP contribution in [-0.2, 0) is 4.79 Å². The Morgan fingerprint density at radius 2 is 2.38 bits per heavy atom. The first kappa shape index (κ1) is 7.43. The minimum Gasteiger partial charge on any atom is -0.387 e. The quantitative estimate of drug-likeness (QED) is 0.516. The summed E-state index contributed by atoms with van der Waals surface area (Å²) >= 11 is 0. The van der Waals surface area contributed by atoms with E-state index in [0.717, 1.165) is 0 Å². The molecule has 0 spiro atoms. The average molecular weight is 116 g/mol. The number of aliphatic hydroxyl groups is 1. The van der Waals surface area contributed by atoms with Crippen LogP contribution in [0, 0.1) is 6.92 Å². The molecular weight excluding hydrogens is 106 g/mol. The van der Waals surface area contributed by atoms with Gasteiger partial charge in [0.25, 0.3) is 0 Å². The van der Waals surface area contributed by atoms with Crippen LogP contribution in [0.25, 0.3) is 0 Å². The normalized spacial score (nSPS) is 8.88. The van der Waals surface area contributed by atoms with Gasteiger partial charge in [0.05, 0.1) is 0 Å². The van der Waals surface area contributed by atoms with Gasteiger partial charge in [-0.3, -0.25) is 4.79 Å². The molecule has 0 bridgehead atoms. The smallest absolute Gasteiger partial charge is 0.248 e. The largest absolute Gasteiger partial charge is 0.387 e. The zero-order valence-electron chi connectivity index (χ0n) is 4.92. The fourth-order valence-electron chi connectivity index (χ4n) is 0.245. The van der Waals surface area contributed by atoms with Crippen molar-refractivity contribution in [3.05, 3.63) is 6.92 Å². The second kappa shape index (κ2) is 3.43. The minimum atomic E-state index is -0.425. The Hall–Kier alpha value is -0.570. The van der Waals surface area contributed by atoms with E-state index >= 15 is 0 Å². The summed E-state index contributed by atoms with van der Waals surface area (Å²) in [6.45, 7) is 3.43. The lowest BCUT2D eigenvalue weighted by Crippen LogP contribution is -2.28. The van der Waals surface area contributed by atoms with E-state index in [0.29, 0.717) is 6.54 Å². The zero-order chi connectivity index (χ0) is 6.57. The monoisotopic (exact) mass is 116 g/mol. The lowest BCUT2D eigenvalue weighted by Gasteiger charge is -2.10. The SMILES string of the molecule is [CH2]CN(C)C(=O)CO. The summed E-state index contributed by atoms with van der Waals surface area (Å²) in [5.74, 6) is -0.292. The lowest BCUT2D eigenvalue weighted by atomic mass is 10.5. The molecule has 0 aliphatic carbocycles. The van der Waals surface area contributed by atoms with Crippen molar-refractivity contribution in [1.82, 2.24) is 4.90 Å². The Kier molecular flexibility index (Phi) is 3.19. The van der Waals surface area contributed by atoms with Crippen LogP contribution in [0.2, 0.25) is 0 Å². The third-order valence-corrected chi connectivity index (χ3v) is 0.896. The number of amides is 1. The summed E-state index contributed by atoms with van der Waals surface area (Å²) in [6.07, 6.45) is 0. The third kappa shape index (κ3) is 1.93. The van der Waals surface area contributed by atoms with Crippen LogP contribution >= 0.6 is 0 Å². The van der Waals surface area contributed by atoms with E-state index in [9.17, 15) is 4.79 Å².